The molecule has 0 spiro atoms. The molecule has 1 aromatic carbocycles. The number of aromatic nitrogens is 5. The first-order chi connectivity index (χ1) is 16.5. The number of para-hydroxylation sites is 1. The fraction of sp³-hybridized carbons (Fsp3) is 0.360. The fourth-order valence-corrected chi connectivity index (χ4v) is 4.61. The van der Waals surface area contributed by atoms with Crippen molar-refractivity contribution in [3.63, 3.8) is 0 Å². The van der Waals surface area contributed by atoms with Crippen LogP contribution in [0.5, 0.6) is 0 Å². The number of rotatable bonds is 7. The van der Waals surface area contributed by atoms with Crippen molar-refractivity contribution in [1.29, 1.82) is 0 Å². The van der Waals surface area contributed by atoms with Crippen molar-refractivity contribution < 1.29 is 9.59 Å². The van der Waals surface area contributed by atoms with E-state index >= 15 is 0 Å². The molecule has 0 radical (unpaired) electrons. The van der Waals surface area contributed by atoms with Crippen molar-refractivity contribution in [2.45, 2.75) is 57.7 Å². The van der Waals surface area contributed by atoms with Crippen LogP contribution in [0.2, 0.25) is 0 Å². The molecule has 2 fully saturated rings. The number of nitrogens with zero attached hydrogens (tertiary/aromatic N) is 6. The summed E-state index contributed by atoms with van der Waals surface area (Å²) in [5.74, 6) is 0.281. The number of carbonyl (C=O) groups is 2. The molecule has 3 aromatic rings. The number of benzene rings is 1. The number of amides is 2. The largest absolute Gasteiger partial charge is 0.292 e. The van der Waals surface area contributed by atoms with Gasteiger partial charge in [0.15, 0.2) is 5.82 Å². The van der Waals surface area contributed by atoms with E-state index in [-0.39, 0.29) is 17.9 Å². The summed E-state index contributed by atoms with van der Waals surface area (Å²) in [5.41, 5.74) is 4.61. The molecule has 1 saturated carbocycles. The Morgan fingerprint density at radius 2 is 1.91 bits per heavy atom. The van der Waals surface area contributed by atoms with Gasteiger partial charge >= 0.3 is 0 Å². The van der Waals surface area contributed by atoms with Crippen LogP contribution in [-0.4, -0.2) is 54.0 Å². The van der Waals surface area contributed by atoms with Gasteiger partial charge in [0.25, 0.3) is 0 Å². The molecule has 2 atom stereocenters. The molecule has 2 amide bonds. The molecule has 1 aliphatic carbocycles. The molecule has 5 rings (SSSR count). The third-order valence-electron chi connectivity index (χ3n) is 6.48. The highest BCUT2D eigenvalue weighted by Crippen LogP contribution is 2.32. The van der Waals surface area contributed by atoms with Crippen molar-refractivity contribution in [1.82, 2.24) is 35.4 Å². The third-order valence-corrected chi connectivity index (χ3v) is 6.48. The van der Waals surface area contributed by atoms with E-state index in [4.69, 9.17) is 0 Å². The van der Waals surface area contributed by atoms with Crippen molar-refractivity contribution in [3.05, 3.63) is 71.3 Å². The quantitative estimate of drug-likeness (QED) is 0.544. The van der Waals surface area contributed by atoms with Gasteiger partial charge in [-0.05, 0) is 71.9 Å². The predicted octanol–water partition coefficient (Wildman–Crippen LogP) is 2.68. The number of likely N-dealkylation sites (tertiary alicyclic amines) is 1. The van der Waals surface area contributed by atoms with Gasteiger partial charge in [-0.2, -0.15) is 4.68 Å². The van der Waals surface area contributed by atoms with Crippen molar-refractivity contribution in [3.8, 4) is 5.69 Å². The van der Waals surface area contributed by atoms with Crippen LogP contribution in [0.4, 0.5) is 0 Å². The van der Waals surface area contributed by atoms with Crippen molar-refractivity contribution >= 4 is 17.9 Å². The predicted molar refractivity (Wildman–Crippen MR) is 126 cm³/mol. The van der Waals surface area contributed by atoms with E-state index in [9.17, 15) is 9.59 Å². The summed E-state index contributed by atoms with van der Waals surface area (Å²) in [6, 6.07) is 6.96. The Balaban J connectivity index is 1.57. The number of piperidine rings is 1. The van der Waals surface area contributed by atoms with Crippen LogP contribution in [0.1, 0.15) is 59.8 Å². The first-order valence-electron chi connectivity index (χ1n) is 11.5. The normalized spacial score (nSPS) is 19.4. The van der Waals surface area contributed by atoms with Crippen LogP contribution in [0.15, 0.2) is 43.2 Å². The van der Waals surface area contributed by atoms with Crippen LogP contribution in [0, 0.1) is 13.8 Å². The average Bonchev–Trinajstić information content (AvgIpc) is 3.55. The Bertz CT molecular complexity index is 1240. The number of hydrogen-bond acceptors (Lipinski definition) is 7. The van der Waals surface area contributed by atoms with E-state index in [1.54, 1.807) is 23.2 Å². The summed E-state index contributed by atoms with van der Waals surface area (Å²) in [4.78, 5) is 31.5. The molecule has 174 valence electrons. The Labute approximate surface area is 197 Å². The zero-order chi connectivity index (χ0) is 23.8. The second-order valence-electron chi connectivity index (χ2n) is 8.97. The van der Waals surface area contributed by atoms with E-state index in [2.05, 4.69) is 32.4 Å². The highest BCUT2D eigenvalue weighted by molar-refractivity contribution is 6.01. The molecular formula is C25H27N7O2. The number of tetrazole rings is 1. The molecule has 0 bridgehead atoms. The second kappa shape index (κ2) is 8.90. The van der Waals surface area contributed by atoms with E-state index in [0.717, 1.165) is 40.8 Å². The van der Waals surface area contributed by atoms with Gasteiger partial charge in [0.2, 0.25) is 11.8 Å². The molecule has 2 aromatic heterocycles. The Morgan fingerprint density at radius 1 is 1.15 bits per heavy atom. The van der Waals surface area contributed by atoms with Crippen LogP contribution < -0.4 is 5.32 Å². The van der Waals surface area contributed by atoms with Gasteiger partial charge in [0, 0.05) is 24.9 Å². The van der Waals surface area contributed by atoms with Crippen molar-refractivity contribution in [2.75, 3.05) is 0 Å². The number of carbonyl (C=O) groups excluding carboxylic acids is 2. The summed E-state index contributed by atoms with van der Waals surface area (Å²) in [7, 11) is 0. The topological polar surface area (TPSA) is 106 Å². The summed E-state index contributed by atoms with van der Waals surface area (Å²) in [6.45, 7) is 7.88. The van der Waals surface area contributed by atoms with Gasteiger partial charge in [-0.25, -0.2) is 0 Å². The zero-order valence-corrected chi connectivity index (χ0v) is 19.3. The lowest BCUT2D eigenvalue weighted by Crippen LogP contribution is -2.54. The van der Waals surface area contributed by atoms with E-state index in [1.807, 2.05) is 38.1 Å². The van der Waals surface area contributed by atoms with Crippen LogP contribution >= 0.6 is 0 Å². The van der Waals surface area contributed by atoms with E-state index < -0.39 is 12.1 Å². The standard InChI is InChI=1S/C25H27N7O2/c1-4-17-12-18(14-26-13-17)22(27-20-10-11-21(33)31(25(20)34)19-8-9-19)24-28-29-30-32(24)23-15(2)6-5-7-16(23)3/h4-7,12-14,19-20,22,27H,1,8-11H2,2-3H3. The SMILES string of the molecule is C=Cc1cncc(C(NC2CCC(=O)N(C3CC3)C2=O)c2nnnn2-c2c(C)cccc2C)c1. The van der Waals surface area contributed by atoms with Crippen LogP contribution in [0.25, 0.3) is 11.8 Å². The molecule has 1 saturated heterocycles. The highest BCUT2D eigenvalue weighted by atomic mass is 16.2. The van der Waals surface area contributed by atoms with Gasteiger partial charge in [0.1, 0.15) is 0 Å². The number of aryl methyl sites for hydroxylation is 2. The lowest BCUT2D eigenvalue weighted by Gasteiger charge is -2.33. The lowest BCUT2D eigenvalue weighted by molar-refractivity contribution is -0.150. The highest BCUT2D eigenvalue weighted by Gasteiger charge is 2.44. The van der Waals surface area contributed by atoms with Gasteiger partial charge in [0.05, 0.1) is 17.8 Å². The summed E-state index contributed by atoms with van der Waals surface area (Å²) >= 11 is 0. The van der Waals surface area contributed by atoms with Gasteiger partial charge in [-0.15, -0.1) is 5.10 Å². The molecule has 2 unspecified atom stereocenters. The molecule has 9 nitrogen and oxygen atoms in total. The minimum atomic E-state index is -0.529. The van der Waals surface area contributed by atoms with Crippen molar-refractivity contribution in [2.24, 2.45) is 0 Å². The first kappa shape index (κ1) is 22.1. The maximum absolute atomic E-state index is 13.3. The monoisotopic (exact) mass is 457 g/mol. The van der Waals surface area contributed by atoms with Gasteiger partial charge in [-0.3, -0.25) is 24.8 Å². The lowest BCUT2D eigenvalue weighted by atomic mass is 9.99. The molecule has 1 N–H and O–H groups in total. The molecule has 3 heterocycles. The smallest absolute Gasteiger partial charge is 0.246 e. The Hall–Kier alpha value is -3.72. The third kappa shape index (κ3) is 4.03. The Morgan fingerprint density at radius 3 is 2.62 bits per heavy atom. The average molecular weight is 458 g/mol. The molecule has 1 aliphatic heterocycles. The number of imide groups is 1. The molecule has 34 heavy (non-hydrogen) atoms. The minimum absolute atomic E-state index is 0.0359. The molecule has 9 heteroatoms. The maximum atomic E-state index is 13.3. The van der Waals surface area contributed by atoms with Crippen LogP contribution in [-0.2, 0) is 9.59 Å². The second-order valence-corrected chi connectivity index (χ2v) is 8.97. The maximum Gasteiger partial charge on any atom is 0.246 e. The molecule has 2 aliphatic rings. The molecular weight excluding hydrogens is 430 g/mol. The van der Waals surface area contributed by atoms with Gasteiger partial charge in [-0.1, -0.05) is 30.9 Å². The van der Waals surface area contributed by atoms with Crippen LogP contribution in [0.3, 0.4) is 0 Å². The number of nitrogens with one attached hydrogen (secondary N) is 1. The minimum Gasteiger partial charge on any atom is -0.292 e. The zero-order valence-electron chi connectivity index (χ0n) is 19.3. The first-order valence-corrected chi connectivity index (χ1v) is 11.5. The summed E-state index contributed by atoms with van der Waals surface area (Å²) in [6.07, 6.45) is 7.71. The van der Waals surface area contributed by atoms with E-state index in [0.29, 0.717) is 18.7 Å². The fourth-order valence-electron chi connectivity index (χ4n) is 4.61. The van der Waals surface area contributed by atoms with E-state index in [1.165, 1.54) is 4.90 Å². The summed E-state index contributed by atoms with van der Waals surface area (Å²) in [5, 5.41) is 16.1. The number of hydrogen-bond donors (Lipinski definition) is 1. The van der Waals surface area contributed by atoms with Gasteiger partial charge < -0.3 is 0 Å². The summed E-state index contributed by atoms with van der Waals surface area (Å²) < 4.78 is 1.72. The Kier molecular flexibility index (Phi) is 5.79. The number of pyridine rings is 1.